The average molecular weight is 277 g/mol. The van der Waals surface area contributed by atoms with E-state index in [-0.39, 0.29) is 0 Å². The minimum atomic E-state index is 0.386. The lowest BCUT2D eigenvalue weighted by Gasteiger charge is -2.36. The van der Waals surface area contributed by atoms with Gasteiger partial charge in [0.15, 0.2) is 0 Å². The van der Waals surface area contributed by atoms with Crippen LogP contribution in [0.2, 0.25) is 0 Å². The Hall–Kier alpha value is -0.830. The lowest BCUT2D eigenvalue weighted by atomic mass is 9.88. The van der Waals surface area contributed by atoms with Gasteiger partial charge in [0.2, 0.25) is 0 Å². The molecule has 1 aromatic heterocycles. The van der Waals surface area contributed by atoms with E-state index in [1.54, 1.807) is 0 Å². The van der Waals surface area contributed by atoms with Crippen LogP contribution in [-0.2, 0) is 6.42 Å². The summed E-state index contributed by atoms with van der Waals surface area (Å²) in [5, 5.41) is 7.59. The predicted molar refractivity (Wildman–Crippen MR) is 85.0 cm³/mol. The van der Waals surface area contributed by atoms with Crippen molar-refractivity contribution in [3.8, 4) is 0 Å². The Bertz CT molecular complexity index is 414. The minimum absolute atomic E-state index is 0.386. The van der Waals surface area contributed by atoms with Crippen LogP contribution < -0.4 is 0 Å². The molecule has 0 saturated carbocycles. The van der Waals surface area contributed by atoms with E-state index in [1.165, 1.54) is 43.7 Å². The predicted octanol–water partition coefficient (Wildman–Crippen LogP) is 3.83. The largest absolute Gasteiger partial charge is 0.302 e. The van der Waals surface area contributed by atoms with Gasteiger partial charge >= 0.3 is 0 Å². The van der Waals surface area contributed by atoms with E-state index in [4.69, 9.17) is 0 Å². The molecule has 3 heteroatoms. The SMILES string of the molecule is CC(C)Cc1cn[nH]c1C1CCCN(CC(C)(C)C)C1. The van der Waals surface area contributed by atoms with Gasteiger partial charge in [0.05, 0.1) is 6.20 Å². The van der Waals surface area contributed by atoms with Crippen molar-refractivity contribution in [1.82, 2.24) is 15.1 Å². The number of hydrogen-bond donors (Lipinski definition) is 1. The molecule has 0 amide bonds. The van der Waals surface area contributed by atoms with Gasteiger partial charge in [-0.15, -0.1) is 0 Å². The molecular formula is C17H31N3. The highest BCUT2D eigenvalue weighted by molar-refractivity contribution is 5.22. The van der Waals surface area contributed by atoms with Gasteiger partial charge in [-0.25, -0.2) is 0 Å². The van der Waals surface area contributed by atoms with Gasteiger partial charge in [-0.3, -0.25) is 5.10 Å². The lowest BCUT2D eigenvalue weighted by molar-refractivity contribution is 0.149. The first-order valence-corrected chi connectivity index (χ1v) is 8.09. The van der Waals surface area contributed by atoms with Crippen LogP contribution in [0.15, 0.2) is 6.20 Å². The summed E-state index contributed by atoms with van der Waals surface area (Å²) in [6, 6.07) is 0. The van der Waals surface area contributed by atoms with E-state index in [2.05, 4.69) is 49.7 Å². The van der Waals surface area contributed by atoms with Crippen LogP contribution in [0.3, 0.4) is 0 Å². The third-order valence-corrected chi connectivity index (χ3v) is 3.99. The van der Waals surface area contributed by atoms with Crippen LogP contribution in [0.5, 0.6) is 0 Å². The van der Waals surface area contributed by atoms with Crippen LogP contribution in [0.25, 0.3) is 0 Å². The van der Waals surface area contributed by atoms with Crippen LogP contribution in [-0.4, -0.2) is 34.7 Å². The Kier molecular flexibility index (Phi) is 4.90. The molecule has 1 N–H and O–H groups in total. The van der Waals surface area contributed by atoms with Crippen molar-refractivity contribution in [3.63, 3.8) is 0 Å². The monoisotopic (exact) mass is 277 g/mol. The van der Waals surface area contributed by atoms with Gasteiger partial charge < -0.3 is 4.90 Å². The zero-order valence-corrected chi connectivity index (χ0v) is 13.9. The van der Waals surface area contributed by atoms with Crippen LogP contribution in [0.1, 0.15) is 64.6 Å². The molecule has 2 heterocycles. The van der Waals surface area contributed by atoms with Gasteiger partial charge in [0.25, 0.3) is 0 Å². The molecule has 114 valence electrons. The van der Waals surface area contributed by atoms with E-state index < -0.39 is 0 Å². The summed E-state index contributed by atoms with van der Waals surface area (Å²) in [4.78, 5) is 2.63. The molecule has 1 aromatic rings. The number of piperidine rings is 1. The smallest absolute Gasteiger partial charge is 0.0522 e. The number of nitrogens with one attached hydrogen (secondary N) is 1. The zero-order valence-electron chi connectivity index (χ0n) is 13.9. The van der Waals surface area contributed by atoms with Crippen molar-refractivity contribution >= 4 is 0 Å². The normalized spacial score (nSPS) is 21.6. The number of nitrogens with zero attached hydrogens (tertiary/aromatic N) is 2. The van der Waals surface area contributed by atoms with Gasteiger partial charge in [0.1, 0.15) is 0 Å². The fourth-order valence-corrected chi connectivity index (χ4v) is 3.38. The molecule has 1 atom stereocenters. The molecule has 0 bridgehead atoms. The maximum absolute atomic E-state index is 4.31. The number of likely N-dealkylation sites (tertiary alicyclic amines) is 1. The highest BCUT2D eigenvalue weighted by Gasteiger charge is 2.27. The van der Waals surface area contributed by atoms with Crippen molar-refractivity contribution in [2.45, 2.75) is 59.8 Å². The van der Waals surface area contributed by atoms with E-state index in [0.29, 0.717) is 17.3 Å². The second-order valence-electron chi connectivity index (χ2n) is 8.04. The Balaban J connectivity index is 2.03. The summed E-state index contributed by atoms with van der Waals surface area (Å²) in [6.07, 6.45) is 5.79. The van der Waals surface area contributed by atoms with E-state index in [1.807, 2.05) is 6.20 Å². The van der Waals surface area contributed by atoms with Crippen molar-refractivity contribution in [2.75, 3.05) is 19.6 Å². The summed E-state index contributed by atoms with van der Waals surface area (Å²) in [6.45, 7) is 15.2. The van der Waals surface area contributed by atoms with E-state index in [9.17, 15) is 0 Å². The number of rotatable bonds is 4. The molecule has 20 heavy (non-hydrogen) atoms. The summed E-state index contributed by atoms with van der Waals surface area (Å²) >= 11 is 0. The first kappa shape index (κ1) is 15.6. The lowest BCUT2D eigenvalue weighted by Crippen LogP contribution is -2.39. The highest BCUT2D eigenvalue weighted by atomic mass is 15.2. The number of H-pyrrole nitrogens is 1. The Morgan fingerprint density at radius 1 is 1.40 bits per heavy atom. The van der Waals surface area contributed by atoms with Crippen LogP contribution >= 0.6 is 0 Å². The highest BCUT2D eigenvalue weighted by Crippen LogP contribution is 2.30. The average Bonchev–Trinajstić information content (AvgIpc) is 2.74. The number of aromatic nitrogens is 2. The van der Waals surface area contributed by atoms with Crippen LogP contribution in [0, 0.1) is 11.3 Å². The topological polar surface area (TPSA) is 31.9 Å². The maximum Gasteiger partial charge on any atom is 0.0522 e. The third-order valence-electron chi connectivity index (χ3n) is 3.99. The summed E-state index contributed by atoms with van der Waals surface area (Å²) in [5.41, 5.74) is 3.22. The Morgan fingerprint density at radius 3 is 2.80 bits per heavy atom. The molecule has 1 aliphatic rings. The summed E-state index contributed by atoms with van der Waals surface area (Å²) < 4.78 is 0. The molecule has 1 fully saturated rings. The molecular weight excluding hydrogens is 246 g/mol. The van der Waals surface area contributed by atoms with E-state index >= 15 is 0 Å². The number of hydrogen-bond acceptors (Lipinski definition) is 2. The molecule has 3 nitrogen and oxygen atoms in total. The van der Waals surface area contributed by atoms with Gasteiger partial charge in [0, 0.05) is 24.7 Å². The van der Waals surface area contributed by atoms with Crippen molar-refractivity contribution in [2.24, 2.45) is 11.3 Å². The minimum Gasteiger partial charge on any atom is -0.302 e. The second kappa shape index (κ2) is 6.30. The molecule has 0 aliphatic carbocycles. The van der Waals surface area contributed by atoms with Gasteiger partial charge in [-0.1, -0.05) is 34.6 Å². The number of aromatic amines is 1. The molecule has 0 radical (unpaired) electrons. The molecule has 2 rings (SSSR count). The third kappa shape index (κ3) is 4.34. The standard InChI is InChI=1S/C17H31N3/c1-13(2)9-15-10-18-19-16(15)14-7-6-8-20(11-14)12-17(3,4)5/h10,13-14H,6-9,11-12H2,1-5H3,(H,18,19). The molecule has 1 aliphatic heterocycles. The first-order valence-electron chi connectivity index (χ1n) is 8.09. The molecule has 0 spiro atoms. The second-order valence-corrected chi connectivity index (χ2v) is 8.04. The molecule has 1 saturated heterocycles. The van der Waals surface area contributed by atoms with Crippen molar-refractivity contribution < 1.29 is 0 Å². The van der Waals surface area contributed by atoms with Gasteiger partial charge in [-0.2, -0.15) is 5.10 Å². The first-order chi connectivity index (χ1) is 9.35. The molecule has 1 unspecified atom stereocenters. The fourth-order valence-electron chi connectivity index (χ4n) is 3.38. The van der Waals surface area contributed by atoms with Crippen molar-refractivity contribution in [1.29, 1.82) is 0 Å². The maximum atomic E-state index is 4.31. The fraction of sp³-hybridized carbons (Fsp3) is 0.824. The summed E-state index contributed by atoms with van der Waals surface area (Å²) in [7, 11) is 0. The van der Waals surface area contributed by atoms with Gasteiger partial charge in [-0.05, 0) is 42.7 Å². The Morgan fingerprint density at radius 2 is 2.15 bits per heavy atom. The van der Waals surface area contributed by atoms with Crippen molar-refractivity contribution in [3.05, 3.63) is 17.5 Å². The summed E-state index contributed by atoms with van der Waals surface area (Å²) in [5.74, 6) is 1.34. The Labute approximate surface area is 124 Å². The quantitative estimate of drug-likeness (QED) is 0.907. The van der Waals surface area contributed by atoms with E-state index in [0.717, 1.165) is 6.42 Å². The van der Waals surface area contributed by atoms with Crippen LogP contribution in [0.4, 0.5) is 0 Å². The molecule has 0 aromatic carbocycles. The zero-order chi connectivity index (χ0) is 14.8.